The largest absolute Gasteiger partial charge is 0.497 e. The van der Waals surface area contributed by atoms with E-state index in [2.05, 4.69) is 5.32 Å². The Morgan fingerprint density at radius 2 is 1.68 bits per heavy atom. The fourth-order valence-electron chi connectivity index (χ4n) is 4.04. The molecule has 202 valence electrons. The Morgan fingerprint density at radius 1 is 1.00 bits per heavy atom. The van der Waals surface area contributed by atoms with E-state index in [0.717, 1.165) is 16.1 Å². The monoisotopic (exact) mass is 557 g/mol. The first-order chi connectivity index (χ1) is 18.1. The summed E-state index contributed by atoms with van der Waals surface area (Å²) in [6, 6.07) is 21.9. The Bertz CT molecular complexity index is 1350. The van der Waals surface area contributed by atoms with Crippen molar-refractivity contribution < 1.29 is 22.7 Å². The molecule has 3 aromatic carbocycles. The summed E-state index contributed by atoms with van der Waals surface area (Å²) in [4.78, 5) is 28.7. The molecule has 3 rings (SSSR count). The molecule has 0 aromatic heterocycles. The zero-order valence-electron chi connectivity index (χ0n) is 21.6. The lowest BCUT2D eigenvalue weighted by atomic mass is 10.0. The van der Waals surface area contributed by atoms with Crippen LogP contribution in [0.4, 0.5) is 5.69 Å². The summed E-state index contributed by atoms with van der Waals surface area (Å²) in [6.07, 6.45) is 1.27. The molecular formula is C28H32ClN3O5S. The van der Waals surface area contributed by atoms with Crippen LogP contribution >= 0.6 is 11.6 Å². The van der Waals surface area contributed by atoms with Crippen LogP contribution in [-0.4, -0.2) is 57.6 Å². The lowest BCUT2D eigenvalue weighted by molar-refractivity contribution is -0.140. The van der Waals surface area contributed by atoms with E-state index in [-0.39, 0.29) is 24.6 Å². The molecule has 1 N–H and O–H groups in total. The number of benzene rings is 3. The summed E-state index contributed by atoms with van der Waals surface area (Å²) in [5.41, 5.74) is 1.76. The minimum absolute atomic E-state index is 0.0167. The van der Waals surface area contributed by atoms with Gasteiger partial charge in [0.1, 0.15) is 18.3 Å². The molecule has 0 heterocycles. The first kappa shape index (κ1) is 29.0. The lowest BCUT2D eigenvalue weighted by Gasteiger charge is -2.33. The summed E-state index contributed by atoms with van der Waals surface area (Å²) in [5.74, 6) is -0.449. The summed E-state index contributed by atoms with van der Waals surface area (Å²) in [6.45, 7) is 1.67. The molecule has 0 fully saturated rings. The second-order valence-corrected chi connectivity index (χ2v) is 11.0. The second-order valence-electron chi connectivity index (χ2n) is 8.68. The number of likely N-dealkylation sites (N-methyl/N-ethyl adjacent to an activating group) is 1. The fraction of sp³-hybridized carbons (Fsp3) is 0.286. The zero-order chi connectivity index (χ0) is 27.7. The average molecular weight is 558 g/mol. The number of rotatable bonds is 12. The van der Waals surface area contributed by atoms with Crippen molar-refractivity contribution in [3.8, 4) is 5.75 Å². The Kier molecular flexibility index (Phi) is 10.2. The molecule has 10 heteroatoms. The van der Waals surface area contributed by atoms with Gasteiger partial charge in [0, 0.05) is 30.6 Å². The average Bonchev–Trinajstić information content (AvgIpc) is 2.90. The van der Waals surface area contributed by atoms with Gasteiger partial charge in [-0.2, -0.15) is 0 Å². The van der Waals surface area contributed by atoms with E-state index in [0.29, 0.717) is 22.9 Å². The lowest BCUT2D eigenvalue weighted by Crippen LogP contribution is -2.53. The van der Waals surface area contributed by atoms with Gasteiger partial charge in [0.05, 0.1) is 19.1 Å². The molecule has 0 unspecified atom stereocenters. The van der Waals surface area contributed by atoms with Crippen LogP contribution in [0.2, 0.25) is 5.02 Å². The Labute approximate surface area is 229 Å². The van der Waals surface area contributed by atoms with E-state index in [4.69, 9.17) is 16.3 Å². The first-order valence-electron chi connectivity index (χ1n) is 12.1. The van der Waals surface area contributed by atoms with Gasteiger partial charge >= 0.3 is 0 Å². The summed E-state index contributed by atoms with van der Waals surface area (Å²) < 4.78 is 31.9. The fourth-order valence-corrected chi connectivity index (χ4v) is 5.07. The van der Waals surface area contributed by atoms with E-state index in [9.17, 15) is 18.0 Å². The number of sulfonamides is 1. The van der Waals surface area contributed by atoms with Crippen LogP contribution in [0.15, 0.2) is 78.9 Å². The van der Waals surface area contributed by atoms with Gasteiger partial charge in [-0.3, -0.25) is 13.9 Å². The quantitative estimate of drug-likeness (QED) is 0.364. The number of amides is 2. The van der Waals surface area contributed by atoms with Crippen molar-refractivity contribution in [2.24, 2.45) is 0 Å². The molecule has 8 nitrogen and oxygen atoms in total. The first-order valence-corrected chi connectivity index (χ1v) is 14.3. The predicted octanol–water partition coefficient (Wildman–Crippen LogP) is 3.89. The van der Waals surface area contributed by atoms with E-state index in [1.165, 1.54) is 18.1 Å². The number of carbonyl (C=O) groups is 2. The van der Waals surface area contributed by atoms with Gasteiger partial charge in [-0.25, -0.2) is 8.42 Å². The van der Waals surface area contributed by atoms with E-state index >= 15 is 0 Å². The standard InChI is InChI=1S/C28H32ClN3O5S/c1-4-30-28(34)26(17-21-11-6-5-7-12-21)31(19-22-13-8-9-16-25(22)29)27(33)20-32(38(3,35)36)23-14-10-15-24(18-23)37-2/h5-16,18,26H,4,17,19-20H2,1-3H3,(H,30,34)/t26-/m1/s1. The maximum Gasteiger partial charge on any atom is 0.244 e. The Hall–Kier alpha value is -3.56. The van der Waals surface area contributed by atoms with Crippen molar-refractivity contribution in [3.63, 3.8) is 0 Å². The van der Waals surface area contributed by atoms with Crippen LogP contribution < -0.4 is 14.4 Å². The number of ether oxygens (including phenoxy) is 1. The molecule has 3 aromatic rings. The number of nitrogens with zero attached hydrogens (tertiary/aromatic N) is 2. The minimum Gasteiger partial charge on any atom is -0.497 e. The number of carbonyl (C=O) groups excluding carboxylic acids is 2. The highest BCUT2D eigenvalue weighted by Crippen LogP contribution is 2.25. The SMILES string of the molecule is CCNC(=O)[C@@H](Cc1ccccc1)N(Cc1ccccc1Cl)C(=O)CN(c1cccc(OC)c1)S(C)(=O)=O. The predicted molar refractivity (Wildman–Crippen MR) is 150 cm³/mol. The van der Waals surface area contributed by atoms with Gasteiger partial charge in [-0.15, -0.1) is 0 Å². The number of anilines is 1. The molecule has 0 saturated carbocycles. The van der Waals surface area contributed by atoms with Crippen LogP contribution in [-0.2, 0) is 32.6 Å². The van der Waals surface area contributed by atoms with Gasteiger partial charge in [0.2, 0.25) is 21.8 Å². The zero-order valence-corrected chi connectivity index (χ0v) is 23.2. The normalized spacial score (nSPS) is 11.9. The molecule has 0 spiro atoms. The van der Waals surface area contributed by atoms with Crippen molar-refractivity contribution in [1.82, 2.24) is 10.2 Å². The number of nitrogens with one attached hydrogen (secondary N) is 1. The molecule has 0 aliphatic carbocycles. The van der Waals surface area contributed by atoms with Crippen LogP contribution in [0.5, 0.6) is 5.75 Å². The third-order valence-electron chi connectivity index (χ3n) is 5.94. The van der Waals surface area contributed by atoms with Crippen LogP contribution in [0.3, 0.4) is 0 Å². The minimum atomic E-state index is -3.86. The molecule has 0 bridgehead atoms. The molecule has 0 radical (unpaired) electrons. The van der Waals surface area contributed by atoms with Gasteiger partial charge in [-0.1, -0.05) is 66.2 Å². The Morgan fingerprint density at radius 3 is 2.32 bits per heavy atom. The summed E-state index contributed by atoms with van der Waals surface area (Å²) >= 11 is 6.43. The van der Waals surface area contributed by atoms with Crippen LogP contribution in [0.25, 0.3) is 0 Å². The third-order valence-corrected chi connectivity index (χ3v) is 7.45. The highest BCUT2D eigenvalue weighted by molar-refractivity contribution is 7.92. The van der Waals surface area contributed by atoms with Gasteiger partial charge < -0.3 is 15.0 Å². The maximum absolute atomic E-state index is 13.9. The van der Waals surface area contributed by atoms with Gasteiger partial charge in [0.25, 0.3) is 0 Å². The topological polar surface area (TPSA) is 96.0 Å². The Balaban J connectivity index is 2.05. The third kappa shape index (κ3) is 7.72. The number of methoxy groups -OCH3 is 1. The number of halogens is 1. The van der Waals surface area contributed by atoms with E-state index in [1.54, 1.807) is 49.4 Å². The second kappa shape index (κ2) is 13.3. The molecule has 0 aliphatic heterocycles. The van der Waals surface area contributed by atoms with Crippen molar-refractivity contribution >= 4 is 39.1 Å². The summed E-state index contributed by atoms with van der Waals surface area (Å²) in [7, 11) is -2.39. The maximum atomic E-state index is 13.9. The van der Waals surface area contributed by atoms with Crippen molar-refractivity contribution in [3.05, 3.63) is 95.0 Å². The van der Waals surface area contributed by atoms with E-state index in [1.807, 2.05) is 30.3 Å². The smallest absolute Gasteiger partial charge is 0.244 e. The van der Waals surface area contributed by atoms with Gasteiger partial charge in [0.15, 0.2) is 0 Å². The molecule has 0 aliphatic rings. The number of hydrogen-bond donors (Lipinski definition) is 1. The molecule has 38 heavy (non-hydrogen) atoms. The van der Waals surface area contributed by atoms with Crippen LogP contribution in [0, 0.1) is 0 Å². The van der Waals surface area contributed by atoms with E-state index < -0.39 is 28.5 Å². The highest BCUT2D eigenvalue weighted by atomic mass is 35.5. The summed E-state index contributed by atoms with van der Waals surface area (Å²) in [5, 5.41) is 3.26. The highest BCUT2D eigenvalue weighted by Gasteiger charge is 2.33. The van der Waals surface area contributed by atoms with Crippen LogP contribution in [0.1, 0.15) is 18.1 Å². The van der Waals surface area contributed by atoms with Crippen molar-refractivity contribution in [2.75, 3.05) is 30.8 Å². The van der Waals surface area contributed by atoms with Crippen molar-refractivity contribution in [1.29, 1.82) is 0 Å². The molecule has 0 saturated heterocycles. The molecule has 1 atom stereocenters. The van der Waals surface area contributed by atoms with Gasteiger partial charge in [-0.05, 0) is 36.2 Å². The van der Waals surface area contributed by atoms with Crippen molar-refractivity contribution in [2.45, 2.75) is 25.9 Å². The number of hydrogen-bond acceptors (Lipinski definition) is 5. The molecular weight excluding hydrogens is 526 g/mol. The molecule has 2 amide bonds.